The lowest BCUT2D eigenvalue weighted by atomic mass is 10.1. The van der Waals surface area contributed by atoms with E-state index in [1.807, 2.05) is 17.9 Å². The molecule has 3 rings (SSSR count). The predicted molar refractivity (Wildman–Crippen MR) is 105 cm³/mol. The van der Waals surface area contributed by atoms with Gasteiger partial charge >= 0.3 is 5.97 Å². The smallest absolute Gasteiger partial charge is 0.330 e. The third-order valence-electron chi connectivity index (χ3n) is 4.51. The number of aryl methyl sites for hydroxylation is 1. The van der Waals surface area contributed by atoms with Gasteiger partial charge in [-0.25, -0.2) is 14.8 Å². The molecule has 2 heterocycles. The van der Waals surface area contributed by atoms with E-state index in [4.69, 9.17) is 0 Å². The Hall–Kier alpha value is -3.49. The van der Waals surface area contributed by atoms with Gasteiger partial charge < -0.3 is 14.5 Å². The molecular formula is C19H21N5O4. The van der Waals surface area contributed by atoms with Crippen molar-refractivity contribution in [1.82, 2.24) is 9.97 Å². The Morgan fingerprint density at radius 1 is 1.21 bits per heavy atom. The standard InChI is InChI=1S/C19H21N5O4/c1-14-20-8-7-18(21-14)23-11-9-22(10-12-23)16-5-3-15(4-6-19(25)28-2)13-17(16)24(26)27/h3-8,13H,9-12H2,1-2H3/b6-4+. The van der Waals surface area contributed by atoms with E-state index in [-0.39, 0.29) is 5.69 Å². The Balaban J connectivity index is 1.75. The lowest BCUT2D eigenvalue weighted by Crippen LogP contribution is -2.47. The van der Waals surface area contributed by atoms with Crippen LogP contribution in [-0.2, 0) is 9.53 Å². The van der Waals surface area contributed by atoms with Crippen LogP contribution in [0.4, 0.5) is 17.2 Å². The van der Waals surface area contributed by atoms with Gasteiger partial charge in [-0.05, 0) is 30.7 Å². The van der Waals surface area contributed by atoms with Crippen molar-refractivity contribution in [2.24, 2.45) is 0 Å². The second-order valence-corrected chi connectivity index (χ2v) is 6.30. The largest absolute Gasteiger partial charge is 0.466 e. The normalized spacial score (nSPS) is 14.4. The van der Waals surface area contributed by atoms with Crippen molar-refractivity contribution in [3.63, 3.8) is 0 Å². The molecule has 2 aromatic rings. The highest BCUT2D eigenvalue weighted by atomic mass is 16.6. The van der Waals surface area contributed by atoms with Crippen LogP contribution in [0.2, 0.25) is 0 Å². The lowest BCUT2D eigenvalue weighted by molar-refractivity contribution is -0.384. The summed E-state index contributed by atoms with van der Waals surface area (Å²) in [7, 11) is 1.28. The maximum atomic E-state index is 11.6. The number of nitro benzene ring substituents is 1. The molecule has 0 amide bonds. The summed E-state index contributed by atoms with van der Waals surface area (Å²) in [6.45, 7) is 4.54. The van der Waals surface area contributed by atoms with E-state index in [9.17, 15) is 14.9 Å². The molecule has 0 saturated carbocycles. The fraction of sp³-hybridized carbons (Fsp3) is 0.316. The number of hydrogen-bond acceptors (Lipinski definition) is 8. The molecule has 0 radical (unpaired) electrons. The maximum absolute atomic E-state index is 11.6. The Bertz CT molecular complexity index is 907. The molecule has 0 unspecified atom stereocenters. The molecule has 9 heteroatoms. The molecule has 146 valence electrons. The highest BCUT2D eigenvalue weighted by Gasteiger charge is 2.24. The van der Waals surface area contributed by atoms with E-state index in [1.165, 1.54) is 25.3 Å². The number of piperazine rings is 1. The van der Waals surface area contributed by atoms with E-state index in [2.05, 4.69) is 19.6 Å². The number of methoxy groups -OCH3 is 1. The third-order valence-corrected chi connectivity index (χ3v) is 4.51. The Morgan fingerprint density at radius 3 is 2.57 bits per heavy atom. The minimum absolute atomic E-state index is 0.0124. The van der Waals surface area contributed by atoms with Gasteiger partial charge in [0.15, 0.2) is 0 Å². The molecule has 0 aliphatic carbocycles. The van der Waals surface area contributed by atoms with Crippen LogP contribution in [0.3, 0.4) is 0 Å². The first-order chi connectivity index (χ1) is 13.5. The number of aromatic nitrogens is 2. The van der Waals surface area contributed by atoms with Crippen LogP contribution in [-0.4, -0.2) is 54.1 Å². The molecule has 0 N–H and O–H groups in total. The average molecular weight is 383 g/mol. The van der Waals surface area contributed by atoms with Crippen LogP contribution >= 0.6 is 0 Å². The van der Waals surface area contributed by atoms with Gasteiger partial charge in [-0.3, -0.25) is 10.1 Å². The van der Waals surface area contributed by atoms with Crippen molar-refractivity contribution >= 4 is 29.2 Å². The number of carbonyl (C=O) groups excluding carboxylic acids is 1. The SMILES string of the molecule is COC(=O)/C=C/c1ccc(N2CCN(c3ccnc(C)n3)CC2)c([N+](=O)[O-])c1. The number of nitro groups is 1. The zero-order chi connectivity index (χ0) is 20.1. The number of ether oxygens (including phenoxy) is 1. The lowest BCUT2D eigenvalue weighted by Gasteiger charge is -2.36. The molecule has 9 nitrogen and oxygen atoms in total. The zero-order valence-corrected chi connectivity index (χ0v) is 15.7. The van der Waals surface area contributed by atoms with Crippen LogP contribution in [0.25, 0.3) is 6.08 Å². The zero-order valence-electron chi connectivity index (χ0n) is 15.7. The first-order valence-electron chi connectivity index (χ1n) is 8.82. The van der Waals surface area contributed by atoms with Crippen molar-refractivity contribution in [2.75, 3.05) is 43.1 Å². The van der Waals surface area contributed by atoms with Crippen molar-refractivity contribution in [1.29, 1.82) is 0 Å². The van der Waals surface area contributed by atoms with Gasteiger partial charge in [0.05, 0.1) is 12.0 Å². The fourth-order valence-corrected chi connectivity index (χ4v) is 3.09. The summed E-state index contributed by atoms with van der Waals surface area (Å²) in [5.74, 6) is 1.07. The molecule has 1 saturated heterocycles. The van der Waals surface area contributed by atoms with Crippen LogP contribution in [0.1, 0.15) is 11.4 Å². The summed E-state index contributed by atoms with van der Waals surface area (Å²) in [4.78, 5) is 35.1. The first-order valence-corrected chi connectivity index (χ1v) is 8.82. The van der Waals surface area contributed by atoms with Crippen LogP contribution in [0, 0.1) is 17.0 Å². The third kappa shape index (κ3) is 4.43. The van der Waals surface area contributed by atoms with E-state index in [0.29, 0.717) is 43.3 Å². The van der Waals surface area contributed by atoms with E-state index < -0.39 is 10.9 Å². The van der Waals surface area contributed by atoms with Crippen molar-refractivity contribution in [2.45, 2.75) is 6.92 Å². The molecule has 1 aromatic carbocycles. The van der Waals surface area contributed by atoms with Gasteiger partial charge in [0.1, 0.15) is 17.3 Å². The second-order valence-electron chi connectivity index (χ2n) is 6.30. The van der Waals surface area contributed by atoms with Crippen LogP contribution in [0.5, 0.6) is 0 Å². The van der Waals surface area contributed by atoms with Crippen LogP contribution < -0.4 is 9.80 Å². The first kappa shape index (κ1) is 19.3. The minimum Gasteiger partial charge on any atom is -0.466 e. The van der Waals surface area contributed by atoms with Gasteiger partial charge in [0.25, 0.3) is 5.69 Å². The predicted octanol–water partition coefficient (Wildman–Crippen LogP) is 2.21. The average Bonchev–Trinajstić information content (AvgIpc) is 2.72. The number of rotatable bonds is 5. The van der Waals surface area contributed by atoms with Gasteiger partial charge in [-0.15, -0.1) is 0 Å². The van der Waals surface area contributed by atoms with E-state index in [0.717, 1.165) is 5.82 Å². The maximum Gasteiger partial charge on any atom is 0.330 e. The molecule has 1 aliphatic rings. The number of carbonyl (C=O) groups is 1. The molecule has 0 atom stereocenters. The molecular weight excluding hydrogens is 362 g/mol. The summed E-state index contributed by atoms with van der Waals surface area (Å²) in [6.07, 6.45) is 4.47. The van der Waals surface area contributed by atoms with Crippen molar-refractivity contribution in [3.05, 3.63) is 58.0 Å². The van der Waals surface area contributed by atoms with Gasteiger partial charge in [0, 0.05) is 44.5 Å². The molecule has 0 bridgehead atoms. The summed E-state index contributed by atoms with van der Waals surface area (Å²) < 4.78 is 4.54. The fourth-order valence-electron chi connectivity index (χ4n) is 3.09. The molecule has 1 aliphatic heterocycles. The number of anilines is 2. The van der Waals surface area contributed by atoms with Gasteiger partial charge in [0.2, 0.25) is 0 Å². The number of benzene rings is 1. The summed E-state index contributed by atoms with van der Waals surface area (Å²) in [6, 6.07) is 6.81. The molecule has 0 spiro atoms. The van der Waals surface area contributed by atoms with Gasteiger partial charge in [-0.1, -0.05) is 6.07 Å². The highest BCUT2D eigenvalue weighted by Crippen LogP contribution is 2.31. The Labute approximate surface area is 162 Å². The minimum atomic E-state index is -0.511. The molecule has 28 heavy (non-hydrogen) atoms. The topological polar surface area (TPSA) is 102 Å². The number of esters is 1. The number of hydrogen-bond donors (Lipinski definition) is 0. The summed E-state index contributed by atoms with van der Waals surface area (Å²) >= 11 is 0. The van der Waals surface area contributed by atoms with Gasteiger partial charge in [-0.2, -0.15) is 0 Å². The highest BCUT2D eigenvalue weighted by molar-refractivity contribution is 5.87. The Morgan fingerprint density at radius 2 is 1.93 bits per heavy atom. The van der Waals surface area contributed by atoms with E-state index >= 15 is 0 Å². The van der Waals surface area contributed by atoms with Crippen molar-refractivity contribution < 1.29 is 14.5 Å². The quantitative estimate of drug-likeness (QED) is 0.335. The van der Waals surface area contributed by atoms with Crippen LogP contribution in [0.15, 0.2) is 36.5 Å². The number of nitrogens with zero attached hydrogens (tertiary/aromatic N) is 5. The summed E-state index contributed by atoms with van der Waals surface area (Å²) in [5, 5.41) is 11.6. The monoisotopic (exact) mass is 383 g/mol. The molecule has 1 aromatic heterocycles. The van der Waals surface area contributed by atoms with E-state index in [1.54, 1.807) is 18.3 Å². The van der Waals surface area contributed by atoms with Crippen molar-refractivity contribution in [3.8, 4) is 0 Å². The molecule has 1 fully saturated rings. The summed E-state index contributed by atoms with van der Waals surface area (Å²) in [5.41, 5.74) is 1.15. The Kier molecular flexibility index (Phi) is 5.83. The second kappa shape index (κ2) is 8.47.